The minimum Gasteiger partial charge on any atom is -0.352 e. The van der Waals surface area contributed by atoms with Crippen LogP contribution in [0.3, 0.4) is 0 Å². The molecule has 7 heteroatoms. The van der Waals surface area contributed by atoms with Crippen LogP contribution in [0, 0.1) is 0 Å². The summed E-state index contributed by atoms with van der Waals surface area (Å²) in [6.07, 6.45) is 4.13. The summed E-state index contributed by atoms with van der Waals surface area (Å²) >= 11 is 11.3. The summed E-state index contributed by atoms with van der Waals surface area (Å²) in [6.45, 7) is 1.14. The first-order valence-corrected chi connectivity index (χ1v) is 9.39. The van der Waals surface area contributed by atoms with E-state index in [0.29, 0.717) is 23.7 Å². The number of aromatic nitrogens is 2. The summed E-state index contributed by atoms with van der Waals surface area (Å²) in [5.41, 5.74) is 1.52. The quantitative estimate of drug-likeness (QED) is 0.638. The number of hydrogen-bond acceptors (Lipinski definition) is 3. The molecule has 3 rings (SSSR count). The van der Waals surface area contributed by atoms with Crippen LogP contribution in [0.25, 0.3) is 0 Å². The normalized spacial score (nSPS) is 10.8. The molecule has 1 amide bonds. The lowest BCUT2D eigenvalue weighted by Crippen LogP contribution is -2.25. The average molecular weight is 425 g/mol. The highest BCUT2D eigenvalue weighted by Crippen LogP contribution is 2.22. The van der Waals surface area contributed by atoms with Gasteiger partial charge in [-0.25, -0.2) is 0 Å². The number of carbonyl (C=O) groups excluding carboxylic acids is 1. The predicted octanol–water partition coefficient (Wildman–Crippen LogP) is 4.38. The second-order valence-electron chi connectivity index (χ2n) is 5.23. The first-order valence-electron chi connectivity index (χ1n) is 7.40. The Labute approximate surface area is 157 Å². The maximum atomic E-state index is 12.2. The first kappa shape index (κ1) is 17.2. The van der Waals surface area contributed by atoms with E-state index in [1.165, 1.54) is 4.88 Å². The van der Waals surface area contributed by atoms with Crippen molar-refractivity contribution in [3.05, 3.63) is 73.6 Å². The Hall–Kier alpha value is -1.63. The molecule has 0 atom stereocenters. The molecule has 3 aromatic rings. The van der Waals surface area contributed by atoms with Gasteiger partial charge in [0.05, 0.1) is 22.1 Å². The van der Waals surface area contributed by atoms with E-state index in [2.05, 4.69) is 32.4 Å². The van der Waals surface area contributed by atoms with Crippen LogP contribution in [0.5, 0.6) is 0 Å². The molecule has 4 nitrogen and oxygen atoms in total. The fraction of sp³-hybridized carbons (Fsp3) is 0.176. The summed E-state index contributed by atoms with van der Waals surface area (Å²) in [6, 6.07) is 11.7. The van der Waals surface area contributed by atoms with Crippen LogP contribution in [-0.4, -0.2) is 22.2 Å². The number of halogens is 2. The Kier molecular flexibility index (Phi) is 5.71. The maximum Gasteiger partial charge on any atom is 0.254 e. The van der Waals surface area contributed by atoms with Crippen molar-refractivity contribution in [3.8, 4) is 0 Å². The molecule has 0 fully saturated rings. The molecule has 24 heavy (non-hydrogen) atoms. The number of benzene rings is 1. The minimum absolute atomic E-state index is 0.115. The van der Waals surface area contributed by atoms with Gasteiger partial charge in [-0.2, -0.15) is 5.10 Å². The molecule has 0 aliphatic rings. The summed E-state index contributed by atoms with van der Waals surface area (Å²) < 4.78 is 2.82. The van der Waals surface area contributed by atoms with Gasteiger partial charge in [0.15, 0.2) is 0 Å². The maximum absolute atomic E-state index is 12.2. The minimum atomic E-state index is -0.115. The second-order valence-corrected chi connectivity index (χ2v) is 8.18. The number of hydrogen-bond donors (Lipinski definition) is 1. The number of rotatable bonds is 6. The zero-order chi connectivity index (χ0) is 16.9. The van der Waals surface area contributed by atoms with Crippen molar-refractivity contribution in [2.75, 3.05) is 6.54 Å². The van der Waals surface area contributed by atoms with Gasteiger partial charge >= 0.3 is 0 Å². The molecule has 0 spiro atoms. The number of thiophene rings is 1. The lowest BCUT2D eigenvalue weighted by atomic mass is 10.2. The second kappa shape index (κ2) is 7.96. The van der Waals surface area contributed by atoms with Gasteiger partial charge in [-0.05, 0) is 46.1 Å². The van der Waals surface area contributed by atoms with E-state index in [4.69, 9.17) is 11.6 Å². The average Bonchev–Trinajstić information content (AvgIpc) is 3.19. The van der Waals surface area contributed by atoms with Crippen LogP contribution in [0.15, 0.2) is 52.6 Å². The molecule has 2 heterocycles. The highest BCUT2D eigenvalue weighted by Gasteiger charge is 2.09. The van der Waals surface area contributed by atoms with Crippen LogP contribution < -0.4 is 5.32 Å². The Morgan fingerprint density at radius 2 is 2.12 bits per heavy atom. The first-order chi connectivity index (χ1) is 11.6. The van der Waals surface area contributed by atoms with Crippen molar-refractivity contribution >= 4 is 44.8 Å². The number of nitrogens with zero attached hydrogens (tertiary/aromatic N) is 2. The van der Waals surface area contributed by atoms with E-state index in [1.54, 1.807) is 28.4 Å². The van der Waals surface area contributed by atoms with Gasteiger partial charge in [-0.1, -0.05) is 29.8 Å². The molecule has 0 saturated heterocycles. The number of nitrogens with one attached hydrogen (secondary N) is 1. The Bertz CT molecular complexity index is 846. The Morgan fingerprint density at radius 1 is 1.29 bits per heavy atom. The zero-order valence-corrected chi connectivity index (χ0v) is 15.9. The molecule has 2 aromatic heterocycles. The molecule has 1 aromatic carbocycles. The molecular weight excluding hydrogens is 410 g/mol. The standard InChI is InChI=1S/C17H15BrClN3OS/c18-16-6-5-14(24-16)7-8-20-17(23)13-9-21-22(11-13)10-12-3-1-2-4-15(12)19/h1-6,9,11H,7-8,10H2,(H,20,23). The molecule has 0 saturated carbocycles. The largest absolute Gasteiger partial charge is 0.352 e. The summed E-state index contributed by atoms with van der Waals surface area (Å²) in [7, 11) is 0. The van der Waals surface area contributed by atoms with Gasteiger partial charge in [-0.3, -0.25) is 9.48 Å². The number of carbonyl (C=O) groups is 1. The van der Waals surface area contributed by atoms with Crippen LogP contribution >= 0.6 is 38.9 Å². The molecular formula is C17H15BrClN3OS. The van der Waals surface area contributed by atoms with Gasteiger partial charge in [0.1, 0.15) is 0 Å². The third-order valence-electron chi connectivity index (χ3n) is 3.47. The van der Waals surface area contributed by atoms with Gasteiger partial charge in [0, 0.05) is 22.6 Å². The van der Waals surface area contributed by atoms with Crippen molar-refractivity contribution in [1.29, 1.82) is 0 Å². The molecule has 124 valence electrons. The lowest BCUT2D eigenvalue weighted by molar-refractivity contribution is 0.0954. The molecule has 0 aliphatic carbocycles. The van der Waals surface area contributed by atoms with Crippen molar-refractivity contribution in [1.82, 2.24) is 15.1 Å². The SMILES string of the molecule is O=C(NCCc1ccc(Br)s1)c1cnn(Cc2ccccc2Cl)c1. The van der Waals surface area contributed by atoms with Gasteiger partial charge < -0.3 is 5.32 Å². The Morgan fingerprint density at radius 3 is 2.88 bits per heavy atom. The van der Waals surface area contributed by atoms with E-state index in [9.17, 15) is 4.79 Å². The summed E-state index contributed by atoms with van der Waals surface area (Å²) in [5, 5.41) is 7.85. The molecule has 0 bridgehead atoms. The highest BCUT2D eigenvalue weighted by molar-refractivity contribution is 9.11. The molecule has 0 unspecified atom stereocenters. The molecule has 0 aliphatic heterocycles. The van der Waals surface area contributed by atoms with Crippen LogP contribution in [-0.2, 0) is 13.0 Å². The fourth-order valence-corrected chi connectivity index (χ4v) is 3.93. The van der Waals surface area contributed by atoms with E-state index >= 15 is 0 Å². The van der Waals surface area contributed by atoms with Crippen molar-refractivity contribution in [2.24, 2.45) is 0 Å². The third kappa shape index (κ3) is 4.47. The van der Waals surface area contributed by atoms with E-state index < -0.39 is 0 Å². The fourth-order valence-electron chi connectivity index (χ4n) is 2.26. The summed E-state index contributed by atoms with van der Waals surface area (Å²) in [5.74, 6) is -0.115. The number of amides is 1. The molecule has 0 radical (unpaired) electrons. The zero-order valence-electron chi connectivity index (χ0n) is 12.7. The van der Waals surface area contributed by atoms with Gasteiger partial charge in [-0.15, -0.1) is 11.3 Å². The van der Waals surface area contributed by atoms with E-state index in [0.717, 1.165) is 15.8 Å². The summed E-state index contributed by atoms with van der Waals surface area (Å²) in [4.78, 5) is 13.4. The highest BCUT2D eigenvalue weighted by atomic mass is 79.9. The van der Waals surface area contributed by atoms with Gasteiger partial charge in [0.25, 0.3) is 5.91 Å². The Balaban J connectivity index is 1.54. The smallest absolute Gasteiger partial charge is 0.254 e. The van der Waals surface area contributed by atoms with Gasteiger partial charge in [0.2, 0.25) is 0 Å². The van der Waals surface area contributed by atoms with E-state index in [-0.39, 0.29) is 5.91 Å². The van der Waals surface area contributed by atoms with Crippen LogP contribution in [0.2, 0.25) is 5.02 Å². The van der Waals surface area contributed by atoms with Crippen LogP contribution in [0.4, 0.5) is 0 Å². The van der Waals surface area contributed by atoms with Crippen LogP contribution in [0.1, 0.15) is 20.8 Å². The van der Waals surface area contributed by atoms with Crippen molar-refractivity contribution in [3.63, 3.8) is 0 Å². The van der Waals surface area contributed by atoms with Crippen molar-refractivity contribution in [2.45, 2.75) is 13.0 Å². The lowest BCUT2D eigenvalue weighted by Gasteiger charge is -2.04. The predicted molar refractivity (Wildman–Crippen MR) is 101 cm³/mol. The monoisotopic (exact) mass is 423 g/mol. The molecule has 1 N–H and O–H groups in total. The third-order valence-corrected chi connectivity index (χ3v) is 5.52. The van der Waals surface area contributed by atoms with E-state index in [1.807, 2.05) is 30.3 Å². The topological polar surface area (TPSA) is 46.9 Å². The van der Waals surface area contributed by atoms with Crippen molar-refractivity contribution < 1.29 is 4.79 Å².